The van der Waals surface area contributed by atoms with E-state index >= 15 is 0 Å². The van der Waals surface area contributed by atoms with Gasteiger partial charge in [-0.05, 0) is 50.4 Å². The summed E-state index contributed by atoms with van der Waals surface area (Å²) in [5.41, 5.74) is 1.38. The molecule has 3 nitrogen and oxygen atoms in total. The van der Waals surface area contributed by atoms with Gasteiger partial charge in [0.1, 0.15) is 0 Å². The van der Waals surface area contributed by atoms with Crippen LogP contribution in [-0.2, 0) is 6.42 Å². The first-order chi connectivity index (χ1) is 9.29. The van der Waals surface area contributed by atoms with Crippen LogP contribution in [-0.4, -0.2) is 42.1 Å². The minimum atomic E-state index is 0.674. The maximum absolute atomic E-state index is 4.07. The molecule has 1 aromatic rings. The molecular formula is C16H27N3. The Balaban J connectivity index is 1.75. The van der Waals surface area contributed by atoms with E-state index in [1.54, 1.807) is 0 Å². The molecule has 0 aliphatic heterocycles. The Morgan fingerprint density at radius 2 is 2.11 bits per heavy atom. The van der Waals surface area contributed by atoms with Crippen molar-refractivity contribution in [1.82, 2.24) is 15.2 Å². The molecule has 1 heterocycles. The van der Waals surface area contributed by atoms with Crippen molar-refractivity contribution in [2.24, 2.45) is 0 Å². The van der Waals surface area contributed by atoms with Gasteiger partial charge in [0.15, 0.2) is 0 Å². The van der Waals surface area contributed by atoms with E-state index in [1.807, 2.05) is 12.4 Å². The molecule has 0 saturated heterocycles. The molecule has 1 N–H and O–H groups in total. The Morgan fingerprint density at radius 1 is 1.37 bits per heavy atom. The minimum absolute atomic E-state index is 0.674. The summed E-state index contributed by atoms with van der Waals surface area (Å²) in [4.78, 5) is 6.58. The van der Waals surface area contributed by atoms with E-state index in [2.05, 4.69) is 41.3 Å². The Bertz CT molecular complexity index is 348. The van der Waals surface area contributed by atoms with Crippen molar-refractivity contribution in [2.45, 2.75) is 51.1 Å². The molecule has 0 amide bonds. The summed E-state index contributed by atoms with van der Waals surface area (Å²) < 4.78 is 0. The van der Waals surface area contributed by atoms with Crippen molar-refractivity contribution in [1.29, 1.82) is 0 Å². The predicted molar refractivity (Wildman–Crippen MR) is 80.3 cm³/mol. The molecule has 1 fully saturated rings. The van der Waals surface area contributed by atoms with E-state index in [0.29, 0.717) is 6.04 Å². The standard InChI is InChI=1S/C16H27N3/c1-3-4-16(13-18-15-5-6-15)19(2)12-9-14-7-10-17-11-8-14/h7-8,10-11,15-16,18H,3-6,9,12-13H2,1-2H3. The topological polar surface area (TPSA) is 28.2 Å². The van der Waals surface area contributed by atoms with Crippen LogP contribution in [0.1, 0.15) is 38.2 Å². The number of hydrogen-bond acceptors (Lipinski definition) is 3. The zero-order chi connectivity index (χ0) is 13.5. The number of rotatable bonds is 9. The molecule has 1 saturated carbocycles. The first-order valence-electron chi connectivity index (χ1n) is 7.62. The first-order valence-corrected chi connectivity index (χ1v) is 7.62. The molecule has 106 valence electrons. The van der Waals surface area contributed by atoms with Gasteiger partial charge in [0.2, 0.25) is 0 Å². The summed E-state index contributed by atoms with van der Waals surface area (Å²) in [7, 11) is 2.26. The molecule has 1 aromatic heterocycles. The Morgan fingerprint density at radius 3 is 2.74 bits per heavy atom. The lowest BCUT2D eigenvalue weighted by atomic mass is 10.1. The minimum Gasteiger partial charge on any atom is -0.312 e. The highest BCUT2D eigenvalue weighted by Crippen LogP contribution is 2.19. The van der Waals surface area contributed by atoms with Crippen LogP contribution in [0.15, 0.2) is 24.5 Å². The van der Waals surface area contributed by atoms with Gasteiger partial charge in [-0.2, -0.15) is 0 Å². The normalized spacial score (nSPS) is 16.8. The van der Waals surface area contributed by atoms with Crippen LogP contribution in [0.25, 0.3) is 0 Å². The number of likely N-dealkylation sites (N-methyl/N-ethyl adjacent to an activating group) is 1. The van der Waals surface area contributed by atoms with E-state index < -0.39 is 0 Å². The molecule has 1 unspecified atom stereocenters. The van der Waals surface area contributed by atoms with Crippen molar-refractivity contribution in [3.63, 3.8) is 0 Å². The first kappa shape index (κ1) is 14.5. The number of nitrogens with one attached hydrogen (secondary N) is 1. The summed E-state index contributed by atoms with van der Waals surface area (Å²) in [5.74, 6) is 0. The third-order valence-corrected chi connectivity index (χ3v) is 3.97. The van der Waals surface area contributed by atoms with Gasteiger partial charge < -0.3 is 10.2 Å². The molecule has 1 aliphatic rings. The van der Waals surface area contributed by atoms with Crippen LogP contribution in [0.3, 0.4) is 0 Å². The van der Waals surface area contributed by atoms with Crippen LogP contribution in [0.4, 0.5) is 0 Å². The zero-order valence-corrected chi connectivity index (χ0v) is 12.3. The van der Waals surface area contributed by atoms with E-state index in [0.717, 1.165) is 25.6 Å². The monoisotopic (exact) mass is 261 g/mol. The highest BCUT2D eigenvalue weighted by Gasteiger charge is 2.22. The molecule has 1 aliphatic carbocycles. The SMILES string of the molecule is CCCC(CNC1CC1)N(C)CCc1ccncc1. The number of hydrogen-bond donors (Lipinski definition) is 1. The maximum atomic E-state index is 4.07. The summed E-state index contributed by atoms with van der Waals surface area (Å²) in [6.07, 6.45) is 10.2. The molecule has 0 bridgehead atoms. The Labute approximate surface area is 117 Å². The number of pyridine rings is 1. The average Bonchev–Trinajstić information content (AvgIpc) is 3.26. The second-order valence-electron chi connectivity index (χ2n) is 5.71. The highest BCUT2D eigenvalue weighted by molar-refractivity contribution is 5.09. The molecule has 2 rings (SSSR count). The van der Waals surface area contributed by atoms with Crippen LogP contribution in [0.2, 0.25) is 0 Å². The van der Waals surface area contributed by atoms with E-state index in [4.69, 9.17) is 0 Å². The van der Waals surface area contributed by atoms with Gasteiger partial charge >= 0.3 is 0 Å². The fraction of sp³-hybridized carbons (Fsp3) is 0.688. The van der Waals surface area contributed by atoms with Gasteiger partial charge in [-0.15, -0.1) is 0 Å². The lowest BCUT2D eigenvalue weighted by Gasteiger charge is -2.28. The number of aromatic nitrogens is 1. The van der Waals surface area contributed by atoms with Crippen LogP contribution in [0.5, 0.6) is 0 Å². The summed E-state index contributed by atoms with van der Waals surface area (Å²) >= 11 is 0. The van der Waals surface area contributed by atoms with E-state index in [9.17, 15) is 0 Å². The summed E-state index contributed by atoms with van der Waals surface area (Å²) in [6.45, 7) is 4.55. The smallest absolute Gasteiger partial charge is 0.0270 e. The third kappa shape index (κ3) is 5.29. The molecule has 0 spiro atoms. The second kappa shape index (κ2) is 7.61. The van der Waals surface area contributed by atoms with Crippen LogP contribution >= 0.6 is 0 Å². The van der Waals surface area contributed by atoms with E-state index in [-0.39, 0.29) is 0 Å². The fourth-order valence-corrected chi connectivity index (χ4v) is 2.44. The summed E-state index contributed by atoms with van der Waals surface area (Å²) in [5, 5.41) is 3.67. The van der Waals surface area contributed by atoms with Crippen molar-refractivity contribution in [3.8, 4) is 0 Å². The molecule has 0 aromatic carbocycles. The predicted octanol–water partition coefficient (Wildman–Crippen LogP) is 2.48. The molecule has 19 heavy (non-hydrogen) atoms. The largest absolute Gasteiger partial charge is 0.312 e. The van der Waals surface area contributed by atoms with E-state index in [1.165, 1.54) is 31.2 Å². The summed E-state index contributed by atoms with van der Waals surface area (Å²) in [6, 6.07) is 5.72. The van der Waals surface area contributed by atoms with Crippen molar-refractivity contribution >= 4 is 0 Å². The van der Waals surface area contributed by atoms with Gasteiger partial charge in [-0.1, -0.05) is 13.3 Å². The van der Waals surface area contributed by atoms with Gasteiger partial charge in [-0.3, -0.25) is 4.98 Å². The Kier molecular flexibility index (Phi) is 5.80. The quantitative estimate of drug-likeness (QED) is 0.740. The Hall–Kier alpha value is -0.930. The molecule has 0 radical (unpaired) electrons. The van der Waals surface area contributed by atoms with Gasteiger partial charge in [0, 0.05) is 37.6 Å². The van der Waals surface area contributed by atoms with Gasteiger partial charge in [-0.25, -0.2) is 0 Å². The van der Waals surface area contributed by atoms with Crippen LogP contribution in [0, 0.1) is 0 Å². The van der Waals surface area contributed by atoms with Gasteiger partial charge in [0.25, 0.3) is 0 Å². The maximum Gasteiger partial charge on any atom is 0.0270 e. The average molecular weight is 261 g/mol. The molecule has 3 heteroatoms. The third-order valence-electron chi connectivity index (χ3n) is 3.97. The fourth-order valence-electron chi connectivity index (χ4n) is 2.44. The lowest BCUT2D eigenvalue weighted by molar-refractivity contribution is 0.224. The molecule has 1 atom stereocenters. The number of nitrogens with zero attached hydrogens (tertiary/aromatic N) is 2. The zero-order valence-electron chi connectivity index (χ0n) is 12.3. The lowest BCUT2D eigenvalue weighted by Crippen LogP contribution is -2.41. The van der Waals surface area contributed by atoms with Crippen molar-refractivity contribution in [3.05, 3.63) is 30.1 Å². The van der Waals surface area contributed by atoms with Crippen molar-refractivity contribution < 1.29 is 0 Å². The van der Waals surface area contributed by atoms with Gasteiger partial charge in [0.05, 0.1) is 0 Å². The van der Waals surface area contributed by atoms with Crippen molar-refractivity contribution in [2.75, 3.05) is 20.1 Å². The van der Waals surface area contributed by atoms with Crippen LogP contribution < -0.4 is 5.32 Å². The second-order valence-corrected chi connectivity index (χ2v) is 5.71. The highest BCUT2D eigenvalue weighted by atomic mass is 15.2. The molecular weight excluding hydrogens is 234 g/mol.